The van der Waals surface area contributed by atoms with Gasteiger partial charge in [0, 0.05) is 6.04 Å². The zero-order valence-electron chi connectivity index (χ0n) is 10.5. The molecule has 2 bridgehead atoms. The molecule has 4 rings (SSSR count). The number of benzene rings is 1. The molecule has 2 nitrogen and oxygen atoms in total. The second-order valence-electron chi connectivity index (χ2n) is 5.56. The summed E-state index contributed by atoms with van der Waals surface area (Å²) >= 11 is 0. The zero-order valence-corrected chi connectivity index (χ0v) is 10.5. The van der Waals surface area contributed by atoms with Crippen molar-refractivity contribution >= 4 is 0 Å². The van der Waals surface area contributed by atoms with Crippen LogP contribution in [0.1, 0.15) is 24.0 Å². The maximum atomic E-state index is 10.4. The Morgan fingerprint density at radius 1 is 1.24 bits per heavy atom. The topological polar surface area (TPSA) is 23.5 Å². The van der Waals surface area contributed by atoms with E-state index in [1.54, 1.807) is 0 Å². The minimum atomic E-state index is -0.114. The van der Waals surface area contributed by atoms with Gasteiger partial charge < -0.3 is 5.11 Å². The van der Waals surface area contributed by atoms with Gasteiger partial charge in [0.2, 0.25) is 0 Å². The predicted molar refractivity (Wildman–Crippen MR) is 69.0 cm³/mol. The summed E-state index contributed by atoms with van der Waals surface area (Å²) in [7, 11) is 0. The fraction of sp³-hybridized carbons (Fsp3) is 0.600. The maximum absolute atomic E-state index is 10.4. The third kappa shape index (κ3) is 2.00. The first-order valence-corrected chi connectivity index (χ1v) is 6.72. The SMILES string of the molecule is Cc1ccccc1CC1C(O)C2CCN1CC2. The molecule has 2 atom stereocenters. The van der Waals surface area contributed by atoms with Crippen molar-refractivity contribution in [2.24, 2.45) is 5.92 Å². The van der Waals surface area contributed by atoms with Crippen molar-refractivity contribution in [2.45, 2.75) is 38.3 Å². The first kappa shape index (κ1) is 11.2. The molecule has 0 radical (unpaired) electrons. The van der Waals surface area contributed by atoms with Gasteiger partial charge in [-0.1, -0.05) is 24.3 Å². The van der Waals surface area contributed by atoms with Crippen LogP contribution in [0.2, 0.25) is 0 Å². The Bertz CT molecular complexity index is 394. The summed E-state index contributed by atoms with van der Waals surface area (Å²) in [5.74, 6) is 0.550. The van der Waals surface area contributed by atoms with Gasteiger partial charge in [-0.3, -0.25) is 4.90 Å². The standard InChI is InChI=1S/C15H21NO/c1-11-4-2-3-5-13(11)10-14-15(17)12-6-8-16(14)9-7-12/h2-5,12,14-15,17H,6-10H2,1H3. The molecule has 1 N–H and O–H groups in total. The van der Waals surface area contributed by atoms with Crippen molar-refractivity contribution in [1.29, 1.82) is 0 Å². The third-order valence-electron chi connectivity index (χ3n) is 4.61. The first-order valence-electron chi connectivity index (χ1n) is 6.72. The number of rotatable bonds is 2. The second kappa shape index (κ2) is 4.43. The molecule has 2 unspecified atom stereocenters. The number of piperidine rings is 3. The first-order chi connectivity index (χ1) is 8.25. The molecule has 0 aliphatic carbocycles. The highest BCUT2D eigenvalue weighted by Gasteiger charge is 2.40. The van der Waals surface area contributed by atoms with Crippen LogP contribution in [-0.2, 0) is 6.42 Å². The van der Waals surface area contributed by atoms with Gasteiger partial charge in [0.15, 0.2) is 0 Å². The van der Waals surface area contributed by atoms with Crippen LogP contribution >= 0.6 is 0 Å². The van der Waals surface area contributed by atoms with Gasteiger partial charge in [-0.05, 0) is 56.3 Å². The molecular formula is C15H21NO. The van der Waals surface area contributed by atoms with E-state index in [2.05, 4.69) is 36.1 Å². The average Bonchev–Trinajstić information content (AvgIpc) is 2.36. The minimum Gasteiger partial charge on any atom is -0.391 e. The van der Waals surface area contributed by atoms with Gasteiger partial charge >= 0.3 is 0 Å². The van der Waals surface area contributed by atoms with Crippen LogP contribution in [0.5, 0.6) is 0 Å². The number of aryl methyl sites for hydroxylation is 1. The van der Waals surface area contributed by atoms with Crippen LogP contribution in [0.4, 0.5) is 0 Å². The molecule has 1 aromatic rings. The highest BCUT2D eigenvalue weighted by Crippen LogP contribution is 2.34. The Morgan fingerprint density at radius 2 is 1.94 bits per heavy atom. The average molecular weight is 231 g/mol. The Balaban J connectivity index is 1.79. The van der Waals surface area contributed by atoms with Gasteiger partial charge in [-0.2, -0.15) is 0 Å². The summed E-state index contributed by atoms with van der Waals surface area (Å²) in [6.07, 6.45) is 3.26. The largest absolute Gasteiger partial charge is 0.391 e. The third-order valence-corrected chi connectivity index (χ3v) is 4.61. The lowest BCUT2D eigenvalue weighted by molar-refractivity contribution is -0.0715. The van der Waals surface area contributed by atoms with Gasteiger partial charge in [0.1, 0.15) is 0 Å². The van der Waals surface area contributed by atoms with Crippen molar-refractivity contribution in [3.63, 3.8) is 0 Å². The second-order valence-corrected chi connectivity index (χ2v) is 5.56. The summed E-state index contributed by atoms with van der Waals surface area (Å²) in [5, 5.41) is 10.4. The summed E-state index contributed by atoms with van der Waals surface area (Å²) in [6.45, 7) is 4.52. The Morgan fingerprint density at radius 3 is 2.59 bits per heavy atom. The van der Waals surface area contributed by atoms with Crippen LogP contribution in [0, 0.1) is 12.8 Å². The molecule has 1 aromatic carbocycles. The number of hydrogen-bond donors (Lipinski definition) is 1. The fourth-order valence-corrected chi connectivity index (χ4v) is 3.44. The van der Waals surface area contributed by atoms with Crippen LogP contribution in [-0.4, -0.2) is 35.2 Å². The Hall–Kier alpha value is -0.860. The van der Waals surface area contributed by atoms with Gasteiger partial charge in [0.05, 0.1) is 6.10 Å². The number of hydrogen-bond acceptors (Lipinski definition) is 2. The fourth-order valence-electron chi connectivity index (χ4n) is 3.44. The van der Waals surface area contributed by atoms with Gasteiger partial charge in [-0.15, -0.1) is 0 Å². The van der Waals surface area contributed by atoms with Crippen LogP contribution < -0.4 is 0 Å². The maximum Gasteiger partial charge on any atom is 0.0727 e. The normalized spacial score (nSPS) is 36.1. The molecule has 3 saturated heterocycles. The summed E-state index contributed by atoms with van der Waals surface area (Å²) in [6, 6.07) is 8.90. The molecule has 3 heterocycles. The van der Waals surface area contributed by atoms with E-state index < -0.39 is 0 Å². The van der Waals surface area contributed by atoms with Crippen LogP contribution in [0.25, 0.3) is 0 Å². The molecule has 2 heteroatoms. The van der Waals surface area contributed by atoms with E-state index >= 15 is 0 Å². The molecular weight excluding hydrogens is 210 g/mol. The van der Waals surface area contributed by atoms with E-state index in [9.17, 15) is 5.11 Å². The number of fused-ring (bicyclic) bond motifs is 3. The monoisotopic (exact) mass is 231 g/mol. The molecule has 3 aliphatic heterocycles. The molecule has 0 amide bonds. The minimum absolute atomic E-state index is 0.114. The lowest BCUT2D eigenvalue weighted by atomic mass is 9.78. The molecule has 0 aromatic heterocycles. The molecule has 0 spiro atoms. The molecule has 3 fully saturated rings. The highest BCUT2D eigenvalue weighted by molar-refractivity contribution is 5.27. The quantitative estimate of drug-likeness (QED) is 0.841. The van der Waals surface area contributed by atoms with Crippen molar-refractivity contribution in [1.82, 2.24) is 4.90 Å². The Kier molecular flexibility index (Phi) is 2.93. The molecule has 3 aliphatic rings. The molecule has 92 valence electrons. The van der Waals surface area contributed by atoms with Crippen molar-refractivity contribution in [3.8, 4) is 0 Å². The van der Waals surface area contributed by atoms with Gasteiger partial charge in [-0.25, -0.2) is 0 Å². The van der Waals surface area contributed by atoms with Crippen LogP contribution in [0.3, 0.4) is 0 Å². The number of aliphatic hydroxyl groups is 1. The van der Waals surface area contributed by atoms with E-state index in [0.717, 1.165) is 6.42 Å². The molecule has 17 heavy (non-hydrogen) atoms. The van der Waals surface area contributed by atoms with E-state index in [4.69, 9.17) is 0 Å². The summed E-state index contributed by atoms with van der Waals surface area (Å²) < 4.78 is 0. The van der Waals surface area contributed by atoms with Crippen molar-refractivity contribution in [2.75, 3.05) is 13.1 Å². The van der Waals surface area contributed by atoms with E-state index in [0.29, 0.717) is 12.0 Å². The van der Waals surface area contributed by atoms with E-state index in [1.165, 1.54) is 37.1 Å². The lowest BCUT2D eigenvalue weighted by Gasteiger charge is -2.49. The van der Waals surface area contributed by atoms with Gasteiger partial charge in [0.25, 0.3) is 0 Å². The van der Waals surface area contributed by atoms with E-state index in [-0.39, 0.29) is 6.10 Å². The van der Waals surface area contributed by atoms with Crippen molar-refractivity contribution in [3.05, 3.63) is 35.4 Å². The number of nitrogens with zero attached hydrogens (tertiary/aromatic N) is 1. The predicted octanol–water partition coefficient (Wildman–Crippen LogP) is 1.99. The highest BCUT2D eigenvalue weighted by atomic mass is 16.3. The lowest BCUT2D eigenvalue weighted by Crippen LogP contribution is -2.58. The Labute approximate surface area is 103 Å². The smallest absolute Gasteiger partial charge is 0.0727 e. The van der Waals surface area contributed by atoms with Crippen molar-refractivity contribution < 1.29 is 5.11 Å². The van der Waals surface area contributed by atoms with E-state index in [1.807, 2.05) is 0 Å². The van der Waals surface area contributed by atoms with Crippen LogP contribution in [0.15, 0.2) is 24.3 Å². The zero-order chi connectivity index (χ0) is 11.8. The summed E-state index contributed by atoms with van der Waals surface area (Å²) in [5.41, 5.74) is 2.74. The molecule has 0 saturated carbocycles. The summed E-state index contributed by atoms with van der Waals surface area (Å²) in [4.78, 5) is 2.48. The number of aliphatic hydroxyl groups excluding tert-OH is 1.